The molecule has 2 atom stereocenters. The van der Waals surface area contributed by atoms with E-state index in [0.29, 0.717) is 24.4 Å². The fourth-order valence-electron chi connectivity index (χ4n) is 1.15. The van der Waals surface area contributed by atoms with Gasteiger partial charge >= 0.3 is 0 Å². The Labute approximate surface area is 102 Å². The predicted octanol–water partition coefficient (Wildman–Crippen LogP) is 0.825. The molecule has 5 heteroatoms. The first-order valence-corrected chi connectivity index (χ1v) is 5.37. The Morgan fingerprint density at radius 2 is 1.29 bits per heavy atom. The summed E-state index contributed by atoms with van der Waals surface area (Å²) in [6.45, 7) is 7.43. The number of hydrogen-bond acceptors (Lipinski definition) is 5. The van der Waals surface area contributed by atoms with Gasteiger partial charge in [-0.15, -0.1) is 0 Å². The molecule has 0 radical (unpaired) electrons. The third-order valence-electron chi connectivity index (χ3n) is 2.12. The van der Waals surface area contributed by atoms with E-state index in [0.717, 1.165) is 0 Å². The van der Waals surface area contributed by atoms with E-state index in [2.05, 4.69) is 13.2 Å². The molecule has 0 spiro atoms. The minimum atomic E-state index is -0.680. The number of aliphatic hydroxyl groups is 2. The summed E-state index contributed by atoms with van der Waals surface area (Å²) in [5, 5.41) is 19.0. The minimum absolute atomic E-state index is 0.124. The largest absolute Gasteiger partial charge is 0.502 e. The maximum atomic E-state index is 9.50. The molecule has 0 rings (SSSR count). The van der Waals surface area contributed by atoms with Gasteiger partial charge in [0.25, 0.3) is 0 Å². The second-order valence-corrected chi connectivity index (χ2v) is 3.74. The molecule has 0 aromatic heterocycles. The molecule has 0 heterocycles. The van der Waals surface area contributed by atoms with Gasteiger partial charge in [0.15, 0.2) is 0 Å². The van der Waals surface area contributed by atoms with Gasteiger partial charge in [-0.2, -0.15) is 0 Å². The lowest BCUT2D eigenvalue weighted by Gasteiger charge is -2.15. The second kappa shape index (κ2) is 9.04. The van der Waals surface area contributed by atoms with E-state index in [4.69, 9.17) is 14.2 Å². The highest BCUT2D eigenvalue weighted by molar-refractivity contribution is 4.86. The van der Waals surface area contributed by atoms with E-state index in [9.17, 15) is 10.2 Å². The maximum absolute atomic E-state index is 9.50. The summed E-state index contributed by atoms with van der Waals surface area (Å²) in [5.74, 6) is 0.990. The molecular weight excluding hydrogens is 224 g/mol. The first-order valence-electron chi connectivity index (χ1n) is 5.37. The highest BCUT2D eigenvalue weighted by atomic mass is 16.5. The van der Waals surface area contributed by atoms with Crippen molar-refractivity contribution in [2.75, 3.05) is 27.4 Å². The predicted molar refractivity (Wildman–Crippen MR) is 64.4 cm³/mol. The number of rotatable bonds is 10. The first kappa shape index (κ1) is 16.0. The molecule has 0 aliphatic carbocycles. The van der Waals surface area contributed by atoms with Crippen LogP contribution in [0.2, 0.25) is 0 Å². The van der Waals surface area contributed by atoms with Crippen LogP contribution < -0.4 is 0 Å². The lowest BCUT2D eigenvalue weighted by atomic mass is 10.2. The van der Waals surface area contributed by atoms with E-state index in [1.165, 1.54) is 14.2 Å². The van der Waals surface area contributed by atoms with Crippen molar-refractivity contribution in [1.29, 1.82) is 0 Å². The summed E-state index contributed by atoms with van der Waals surface area (Å²) in [7, 11) is 2.99. The summed E-state index contributed by atoms with van der Waals surface area (Å²) in [4.78, 5) is 0. The van der Waals surface area contributed by atoms with Crippen LogP contribution in [0.4, 0.5) is 0 Å². The summed E-state index contributed by atoms with van der Waals surface area (Å²) < 4.78 is 14.8. The molecule has 5 nitrogen and oxygen atoms in total. The monoisotopic (exact) mass is 246 g/mol. The second-order valence-electron chi connectivity index (χ2n) is 3.74. The van der Waals surface area contributed by atoms with Crippen molar-refractivity contribution in [2.24, 2.45) is 0 Å². The number of aliphatic hydroxyl groups excluding tert-OH is 2. The van der Waals surface area contributed by atoms with E-state index in [1.54, 1.807) is 0 Å². The third kappa shape index (κ3) is 8.74. The SMILES string of the molecule is C=C(CC(O)COCC(O)CC(=C)OC)OC. The van der Waals surface area contributed by atoms with Crippen molar-refractivity contribution < 1.29 is 24.4 Å². The Kier molecular flexibility index (Phi) is 8.49. The van der Waals surface area contributed by atoms with Gasteiger partial charge in [0.2, 0.25) is 0 Å². The van der Waals surface area contributed by atoms with Crippen LogP contribution in [0.25, 0.3) is 0 Å². The van der Waals surface area contributed by atoms with Crippen LogP contribution in [0.15, 0.2) is 24.7 Å². The van der Waals surface area contributed by atoms with Crippen LogP contribution in [-0.4, -0.2) is 49.9 Å². The Bertz CT molecular complexity index is 215. The van der Waals surface area contributed by atoms with Crippen LogP contribution in [0, 0.1) is 0 Å². The standard InChI is InChI=1S/C12H22O5/c1-9(15-3)5-11(13)7-17-8-12(14)6-10(2)16-4/h11-14H,1-2,5-8H2,3-4H3. The smallest absolute Gasteiger partial charge is 0.0910 e. The topological polar surface area (TPSA) is 68.2 Å². The normalized spacial score (nSPS) is 13.9. The molecule has 0 amide bonds. The van der Waals surface area contributed by atoms with Crippen molar-refractivity contribution >= 4 is 0 Å². The lowest BCUT2D eigenvalue weighted by molar-refractivity contribution is -0.0128. The summed E-state index contributed by atoms with van der Waals surface area (Å²) in [6.07, 6.45) is -0.727. The van der Waals surface area contributed by atoms with Gasteiger partial charge in [-0.1, -0.05) is 13.2 Å². The molecule has 0 bridgehead atoms. The van der Waals surface area contributed by atoms with Gasteiger partial charge in [-0.3, -0.25) is 0 Å². The van der Waals surface area contributed by atoms with Crippen molar-refractivity contribution in [3.8, 4) is 0 Å². The van der Waals surface area contributed by atoms with Gasteiger partial charge in [0.1, 0.15) is 0 Å². The molecule has 0 fully saturated rings. The fourth-order valence-corrected chi connectivity index (χ4v) is 1.15. The van der Waals surface area contributed by atoms with Gasteiger partial charge in [0, 0.05) is 12.8 Å². The molecule has 17 heavy (non-hydrogen) atoms. The molecule has 2 N–H and O–H groups in total. The van der Waals surface area contributed by atoms with Crippen LogP contribution in [0.1, 0.15) is 12.8 Å². The third-order valence-corrected chi connectivity index (χ3v) is 2.12. The number of ether oxygens (including phenoxy) is 3. The number of hydrogen-bond donors (Lipinski definition) is 2. The van der Waals surface area contributed by atoms with Crippen LogP contribution in [0.3, 0.4) is 0 Å². The average molecular weight is 246 g/mol. The molecule has 0 aliphatic rings. The first-order chi connectivity index (χ1) is 7.99. The zero-order chi connectivity index (χ0) is 13.3. The van der Waals surface area contributed by atoms with E-state index < -0.39 is 12.2 Å². The summed E-state index contributed by atoms with van der Waals surface area (Å²) >= 11 is 0. The van der Waals surface area contributed by atoms with Gasteiger partial charge in [-0.25, -0.2) is 0 Å². The molecule has 0 aromatic rings. The van der Waals surface area contributed by atoms with Gasteiger partial charge < -0.3 is 24.4 Å². The zero-order valence-electron chi connectivity index (χ0n) is 10.5. The maximum Gasteiger partial charge on any atom is 0.0910 e. The highest BCUT2D eigenvalue weighted by Crippen LogP contribution is 2.06. The Morgan fingerprint density at radius 1 is 0.941 bits per heavy atom. The van der Waals surface area contributed by atoms with Crippen molar-refractivity contribution in [1.82, 2.24) is 0 Å². The van der Waals surface area contributed by atoms with E-state index in [-0.39, 0.29) is 13.2 Å². The fraction of sp³-hybridized carbons (Fsp3) is 0.667. The number of methoxy groups -OCH3 is 2. The van der Waals surface area contributed by atoms with Crippen molar-refractivity contribution in [3.05, 3.63) is 24.7 Å². The molecule has 0 aromatic carbocycles. The molecular formula is C12H22O5. The van der Waals surface area contributed by atoms with Crippen molar-refractivity contribution in [3.63, 3.8) is 0 Å². The van der Waals surface area contributed by atoms with E-state index >= 15 is 0 Å². The van der Waals surface area contributed by atoms with Crippen LogP contribution in [-0.2, 0) is 14.2 Å². The molecule has 0 aliphatic heterocycles. The highest BCUT2D eigenvalue weighted by Gasteiger charge is 2.10. The average Bonchev–Trinajstić information content (AvgIpc) is 2.28. The molecule has 0 saturated carbocycles. The van der Waals surface area contributed by atoms with Crippen LogP contribution >= 0.6 is 0 Å². The lowest BCUT2D eigenvalue weighted by Crippen LogP contribution is -2.22. The van der Waals surface area contributed by atoms with Crippen molar-refractivity contribution in [2.45, 2.75) is 25.0 Å². The molecule has 2 unspecified atom stereocenters. The zero-order valence-corrected chi connectivity index (χ0v) is 10.5. The Hall–Kier alpha value is -1.04. The Morgan fingerprint density at radius 3 is 1.59 bits per heavy atom. The Balaban J connectivity index is 3.61. The summed E-state index contributed by atoms with van der Waals surface area (Å²) in [6, 6.07) is 0. The van der Waals surface area contributed by atoms with E-state index in [1.807, 2.05) is 0 Å². The quantitative estimate of drug-likeness (QED) is 0.559. The summed E-state index contributed by atoms with van der Waals surface area (Å²) in [5.41, 5.74) is 0. The molecule has 100 valence electrons. The van der Waals surface area contributed by atoms with Gasteiger partial charge in [-0.05, 0) is 0 Å². The minimum Gasteiger partial charge on any atom is -0.502 e. The van der Waals surface area contributed by atoms with Crippen LogP contribution in [0.5, 0.6) is 0 Å². The molecule has 0 saturated heterocycles. The van der Waals surface area contributed by atoms with Gasteiger partial charge in [0.05, 0.1) is 51.2 Å².